The fraction of sp³-hybridized carbons (Fsp3) is 0. The van der Waals surface area contributed by atoms with Crippen molar-refractivity contribution in [3.8, 4) is 0 Å². The number of carbonyl (C=O) groups is 1. The summed E-state index contributed by atoms with van der Waals surface area (Å²) in [6.45, 7) is 0. The van der Waals surface area contributed by atoms with Crippen LogP contribution in [-0.4, -0.2) is 10.9 Å². The molecule has 2 aromatic carbocycles. The van der Waals surface area contributed by atoms with E-state index in [2.05, 4.69) is 15.8 Å². The van der Waals surface area contributed by atoms with E-state index in [0.29, 0.717) is 11.4 Å². The molecular weight excluding hydrogens is 257 g/mol. The van der Waals surface area contributed by atoms with E-state index < -0.39 is 0 Å². The molecule has 0 atom stereocenters. The highest BCUT2D eigenvalue weighted by atomic mass is 19.1. The number of amides is 1. The molecule has 4 nitrogen and oxygen atoms in total. The summed E-state index contributed by atoms with van der Waals surface area (Å²) in [6, 6.07) is 15.1. The molecule has 0 fully saturated rings. The average Bonchev–Trinajstić information content (AvgIpc) is 2.90. The van der Waals surface area contributed by atoms with Crippen molar-refractivity contribution in [3.63, 3.8) is 0 Å². The lowest BCUT2D eigenvalue weighted by Gasteiger charge is -2.07. The molecular formula is C15H12FN3O. The molecule has 3 rings (SSSR count). The van der Waals surface area contributed by atoms with Crippen LogP contribution in [0.1, 0.15) is 10.5 Å². The molecule has 0 saturated carbocycles. The number of hydrogen-bond donors (Lipinski definition) is 3. The van der Waals surface area contributed by atoms with Crippen LogP contribution in [0.2, 0.25) is 0 Å². The molecule has 0 radical (unpaired) electrons. The minimum atomic E-state index is -0.322. The number of H-pyrrole nitrogens is 1. The maximum absolute atomic E-state index is 12.7. The third-order valence-electron chi connectivity index (χ3n) is 2.94. The summed E-state index contributed by atoms with van der Waals surface area (Å²) in [7, 11) is 0. The Labute approximate surface area is 114 Å². The van der Waals surface area contributed by atoms with Gasteiger partial charge in [0.15, 0.2) is 0 Å². The number of aromatic nitrogens is 1. The topological polar surface area (TPSA) is 56.9 Å². The Morgan fingerprint density at radius 2 is 1.80 bits per heavy atom. The standard InChI is InChI=1S/C15H12FN3O/c16-11-5-7-12(8-6-11)18-19-15(20)14-9-10-3-1-2-4-13(10)17-14/h1-9,17-18H,(H,19,20). The zero-order valence-corrected chi connectivity index (χ0v) is 10.5. The monoisotopic (exact) mass is 269 g/mol. The van der Waals surface area contributed by atoms with Gasteiger partial charge in [-0.2, -0.15) is 0 Å². The number of benzene rings is 2. The van der Waals surface area contributed by atoms with Crippen LogP contribution in [0.25, 0.3) is 10.9 Å². The number of fused-ring (bicyclic) bond motifs is 1. The number of hydrazine groups is 1. The molecule has 3 aromatic rings. The van der Waals surface area contributed by atoms with Crippen LogP contribution in [0.5, 0.6) is 0 Å². The van der Waals surface area contributed by atoms with Gasteiger partial charge in [0.05, 0.1) is 5.69 Å². The second kappa shape index (κ2) is 5.05. The van der Waals surface area contributed by atoms with Crippen molar-refractivity contribution in [1.29, 1.82) is 0 Å². The van der Waals surface area contributed by atoms with E-state index in [1.807, 2.05) is 24.3 Å². The maximum atomic E-state index is 12.7. The first-order valence-electron chi connectivity index (χ1n) is 6.12. The Morgan fingerprint density at radius 3 is 2.55 bits per heavy atom. The number of hydrogen-bond acceptors (Lipinski definition) is 2. The molecule has 0 bridgehead atoms. The molecule has 5 heteroatoms. The molecule has 1 amide bonds. The van der Waals surface area contributed by atoms with Crippen LogP contribution in [0, 0.1) is 5.82 Å². The number of aromatic amines is 1. The van der Waals surface area contributed by atoms with Gasteiger partial charge >= 0.3 is 0 Å². The van der Waals surface area contributed by atoms with Gasteiger partial charge in [-0.3, -0.25) is 15.6 Å². The first-order chi connectivity index (χ1) is 9.72. The number of para-hydroxylation sites is 1. The molecule has 0 aliphatic rings. The van der Waals surface area contributed by atoms with E-state index >= 15 is 0 Å². The Balaban J connectivity index is 1.71. The molecule has 20 heavy (non-hydrogen) atoms. The van der Waals surface area contributed by atoms with Gasteiger partial charge in [-0.05, 0) is 36.4 Å². The third-order valence-corrected chi connectivity index (χ3v) is 2.94. The van der Waals surface area contributed by atoms with Crippen LogP contribution < -0.4 is 10.9 Å². The summed E-state index contributed by atoms with van der Waals surface area (Å²) < 4.78 is 12.7. The first-order valence-corrected chi connectivity index (χ1v) is 6.12. The fourth-order valence-corrected chi connectivity index (χ4v) is 1.93. The lowest BCUT2D eigenvalue weighted by molar-refractivity contribution is 0.0958. The molecule has 0 saturated heterocycles. The predicted octanol–water partition coefficient (Wildman–Crippen LogP) is 3.06. The molecule has 0 aliphatic heterocycles. The lowest BCUT2D eigenvalue weighted by atomic mass is 10.2. The van der Waals surface area contributed by atoms with Gasteiger partial charge in [0.2, 0.25) is 0 Å². The van der Waals surface area contributed by atoms with Crippen molar-refractivity contribution in [2.75, 3.05) is 5.43 Å². The van der Waals surface area contributed by atoms with Gasteiger partial charge in [0.25, 0.3) is 5.91 Å². The number of halogens is 1. The summed E-state index contributed by atoms with van der Waals surface area (Å²) in [4.78, 5) is 15.0. The number of carbonyl (C=O) groups excluding carboxylic acids is 1. The molecule has 1 aromatic heterocycles. The number of nitrogens with one attached hydrogen (secondary N) is 3. The van der Waals surface area contributed by atoms with Gasteiger partial charge in [-0.1, -0.05) is 18.2 Å². The summed E-state index contributed by atoms with van der Waals surface area (Å²) >= 11 is 0. The van der Waals surface area contributed by atoms with Crippen molar-refractivity contribution in [1.82, 2.24) is 10.4 Å². The smallest absolute Gasteiger partial charge is 0.286 e. The van der Waals surface area contributed by atoms with E-state index in [0.717, 1.165) is 10.9 Å². The molecule has 0 spiro atoms. The van der Waals surface area contributed by atoms with Crippen LogP contribution in [0.3, 0.4) is 0 Å². The molecule has 3 N–H and O–H groups in total. The van der Waals surface area contributed by atoms with Gasteiger partial charge in [-0.25, -0.2) is 4.39 Å². The van der Waals surface area contributed by atoms with E-state index in [1.54, 1.807) is 18.2 Å². The zero-order valence-electron chi connectivity index (χ0n) is 10.5. The molecule has 0 aliphatic carbocycles. The maximum Gasteiger partial charge on any atom is 0.286 e. The minimum Gasteiger partial charge on any atom is -0.350 e. The predicted molar refractivity (Wildman–Crippen MR) is 75.8 cm³/mol. The van der Waals surface area contributed by atoms with E-state index in [-0.39, 0.29) is 11.7 Å². The third kappa shape index (κ3) is 2.47. The average molecular weight is 269 g/mol. The summed E-state index contributed by atoms with van der Waals surface area (Å²) in [6.07, 6.45) is 0. The van der Waals surface area contributed by atoms with Crippen molar-refractivity contribution in [2.24, 2.45) is 0 Å². The summed E-state index contributed by atoms with van der Waals surface area (Å²) in [5.41, 5.74) is 7.25. The van der Waals surface area contributed by atoms with Gasteiger partial charge in [0.1, 0.15) is 11.5 Å². The molecule has 100 valence electrons. The van der Waals surface area contributed by atoms with Gasteiger partial charge < -0.3 is 4.98 Å². The minimum absolute atomic E-state index is 0.287. The quantitative estimate of drug-likeness (QED) is 0.640. The highest BCUT2D eigenvalue weighted by Crippen LogP contribution is 2.14. The fourth-order valence-electron chi connectivity index (χ4n) is 1.93. The van der Waals surface area contributed by atoms with Gasteiger partial charge in [-0.15, -0.1) is 0 Å². The highest BCUT2D eigenvalue weighted by molar-refractivity contribution is 5.98. The van der Waals surface area contributed by atoms with Crippen molar-refractivity contribution >= 4 is 22.5 Å². The second-order valence-corrected chi connectivity index (χ2v) is 4.36. The molecule has 0 unspecified atom stereocenters. The number of anilines is 1. The van der Waals surface area contributed by atoms with Crippen LogP contribution >= 0.6 is 0 Å². The van der Waals surface area contributed by atoms with Crippen LogP contribution in [0.15, 0.2) is 54.6 Å². The Morgan fingerprint density at radius 1 is 1.05 bits per heavy atom. The Bertz CT molecular complexity index is 716. The van der Waals surface area contributed by atoms with Crippen molar-refractivity contribution in [3.05, 3.63) is 66.1 Å². The summed E-state index contributed by atoms with van der Waals surface area (Å²) in [5, 5.41) is 0.972. The summed E-state index contributed by atoms with van der Waals surface area (Å²) in [5.74, 6) is -0.608. The Hall–Kier alpha value is -2.82. The largest absolute Gasteiger partial charge is 0.350 e. The second-order valence-electron chi connectivity index (χ2n) is 4.36. The van der Waals surface area contributed by atoms with E-state index in [1.165, 1.54) is 12.1 Å². The van der Waals surface area contributed by atoms with E-state index in [4.69, 9.17) is 0 Å². The first kappa shape index (κ1) is 12.2. The normalized spacial score (nSPS) is 10.4. The lowest BCUT2D eigenvalue weighted by Crippen LogP contribution is -2.29. The van der Waals surface area contributed by atoms with Crippen LogP contribution in [0.4, 0.5) is 10.1 Å². The van der Waals surface area contributed by atoms with Gasteiger partial charge in [0, 0.05) is 10.9 Å². The SMILES string of the molecule is O=C(NNc1ccc(F)cc1)c1cc2ccccc2[nH]1. The zero-order chi connectivity index (χ0) is 13.9. The highest BCUT2D eigenvalue weighted by Gasteiger charge is 2.08. The molecule has 1 heterocycles. The van der Waals surface area contributed by atoms with Crippen molar-refractivity contribution in [2.45, 2.75) is 0 Å². The van der Waals surface area contributed by atoms with E-state index in [9.17, 15) is 9.18 Å². The number of rotatable bonds is 3. The van der Waals surface area contributed by atoms with Crippen molar-refractivity contribution < 1.29 is 9.18 Å². The Kier molecular flexibility index (Phi) is 3.09. The van der Waals surface area contributed by atoms with Crippen LogP contribution in [-0.2, 0) is 0 Å².